The zero-order chi connectivity index (χ0) is 57.6. The second kappa shape index (κ2) is 30.6. The number of aryl methyl sites for hydroxylation is 1. The molecule has 5 rings (SSSR count). The van der Waals surface area contributed by atoms with Gasteiger partial charge in [-0.3, -0.25) is 54.0 Å². The van der Waals surface area contributed by atoms with Gasteiger partial charge < -0.3 is 80.3 Å². The number of aromatic nitrogens is 3. The summed E-state index contributed by atoms with van der Waals surface area (Å²) >= 11 is 0. The van der Waals surface area contributed by atoms with Crippen molar-refractivity contribution in [2.45, 2.75) is 114 Å². The molecule has 0 unspecified atom stereocenters. The highest BCUT2D eigenvalue weighted by atomic mass is 33.1. The van der Waals surface area contributed by atoms with E-state index in [-0.39, 0.29) is 81.5 Å². The lowest BCUT2D eigenvalue weighted by atomic mass is 10.0. The minimum Gasteiger partial charge on any atom is -0.370 e. The van der Waals surface area contributed by atoms with Crippen molar-refractivity contribution in [3.63, 3.8) is 0 Å². The van der Waals surface area contributed by atoms with Crippen LogP contribution in [0.25, 0.3) is 10.9 Å². The van der Waals surface area contributed by atoms with Crippen LogP contribution in [0.5, 0.6) is 0 Å². The van der Waals surface area contributed by atoms with Gasteiger partial charge in [0.1, 0.15) is 48.3 Å². The molecule has 0 saturated carbocycles. The van der Waals surface area contributed by atoms with Gasteiger partial charge in [0.05, 0.1) is 12.0 Å². The number of aromatic amines is 2. The predicted octanol–water partition coefficient (Wildman–Crippen LogP) is -2.45. The fraction of sp³-hybridized carbons (Fsp3) is 0.440. The molecular formula is C50H70N18O9S2. The van der Waals surface area contributed by atoms with Gasteiger partial charge in [0.2, 0.25) is 53.2 Å². The number of amides is 9. The molecule has 1 fully saturated rings. The van der Waals surface area contributed by atoms with Crippen LogP contribution in [0.4, 0.5) is 0 Å². The number of hydrogen-bond donors (Lipinski definition) is 17. The number of primary amides is 1. The van der Waals surface area contributed by atoms with Gasteiger partial charge in [-0.25, -0.2) is 4.98 Å². The van der Waals surface area contributed by atoms with Crippen molar-refractivity contribution >= 4 is 97.6 Å². The first-order chi connectivity index (χ1) is 37.7. The Morgan fingerprint density at radius 1 is 0.722 bits per heavy atom. The van der Waals surface area contributed by atoms with Gasteiger partial charge in [-0.2, -0.15) is 0 Å². The first-order valence-corrected chi connectivity index (χ1v) is 27.8. The Morgan fingerprint density at radius 2 is 1.34 bits per heavy atom. The Labute approximate surface area is 463 Å². The van der Waals surface area contributed by atoms with E-state index in [4.69, 9.17) is 28.0 Å². The summed E-state index contributed by atoms with van der Waals surface area (Å²) in [6, 6.07) is 3.58. The predicted molar refractivity (Wildman–Crippen MR) is 298 cm³/mol. The van der Waals surface area contributed by atoms with Gasteiger partial charge in [-0.1, -0.05) is 69.6 Å². The number of nitrogens with one attached hydrogen (secondary N) is 14. The van der Waals surface area contributed by atoms with Crippen LogP contribution in [0.1, 0.15) is 61.9 Å². The summed E-state index contributed by atoms with van der Waals surface area (Å²) in [6.45, 7) is 4.70. The maximum absolute atomic E-state index is 14.7. The number of carbonyl (C=O) groups excluding carboxylic acids is 9. The molecule has 2 aromatic heterocycles. The monoisotopic (exact) mass is 1130 g/mol. The largest absolute Gasteiger partial charge is 0.370 e. The maximum atomic E-state index is 14.7. The minimum absolute atomic E-state index is 0.0580. The molecule has 4 aromatic rings. The summed E-state index contributed by atoms with van der Waals surface area (Å²) in [5.41, 5.74) is 20.0. The van der Waals surface area contributed by atoms with E-state index in [2.05, 4.69) is 68.1 Å². The summed E-state index contributed by atoms with van der Waals surface area (Å²) < 4.78 is 0. The lowest BCUT2D eigenvalue weighted by Crippen LogP contribution is -2.61. The Kier molecular flexibility index (Phi) is 23.8. The first kappa shape index (κ1) is 61.5. The van der Waals surface area contributed by atoms with Gasteiger partial charge in [0, 0.05) is 74.1 Å². The average molecular weight is 1130 g/mol. The van der Waals surface area contributed by atoms with E-state index in [1.807, 2.05) is 37.3 Å². The molecule has 27 nitrogen and oxygen atoms in total. The van der Waals surface area contributed by atoms with E-state index in [0.29, 0.717) is 16.8 Å². The molecule has 0 spiro atoms. The number of H-pyrrole nitrogens is 2. The number of nitrogens with two attached hydrogens (primary N) is 3. The molecule has 0 aliphatic carbocycles. The molecule has 426 valence electrons. The Balaban J connectivity index is 1.55. The van der Waals surface area contributed by atoms with E-state index in [1.54, 1.807) is 24.4 Å². The normalized spacial score (nSPS) is 21.6. The molecule has 79 heavy (non-hydrogen) atoms. The number of fused-ring (bicyclic) bond motifs is 1. The molecule has 1 aliphatic rings. The first-order valence-electron chi connectivity index (χ1n) is 25.3. The molecule has 3 heterocycles. The molecule has 2 aromatic carbocycles. The zero-order valence-electron chi connectivity index (χ0n) is 43.9. The average Bonchev–Trinajstić information content (AvgIpc) is 4.09. The van der Waals surface area contributed by atoms with E-state index < -0.39 is 101 Å². The Bertz CT molecular complexity index is 2810. The molecule has 20 N–H and O–H groups in total. The highest BCUT2D eigenvalue weighted by Crippen LogP contribution is 2.24. The summed E-state index contributed by atoms with van der Waals surface area (Å²) in [7, 11) is 2.01. The number of imidazole rings is 1. The van der Waals surface area contributed by atoms with Crippen molar-refractivity contribution in [1.82, 2.24) is 68.1 Å². The number of guanidine groups is 2. The quantitative estimate of drug-likeness (QED) is 0.0213. The molecule has 8 atom stereocenters. The number of hydrogen-bond acceptors (Lipinski definition) is 14. The van der Waals surface area contributed by atoms with E-state index in [9.17, 15) is 43.2 Å². The summed E-state index contributed by atoms with van der Waals surface area (Å²) in [5.74, 6) is -8.26. The third kappa shape index (κ3) is 20.2. The number of benzene rings is 2. The number of rotatable bonds is 18. The third-order valence-corrected chi connectivity index (χ3v) is 14.8. The summed E-state index contributed by atoms with van der Waals surface area (Å²) in [4.78, 5) is 136. The van der Waals surface area contributed by atoms with E-state index in [1.165, 1.54) is 26.4 Å². The highest BCUT2D eigenvalue weighted by molar-refractivity contribution is 8.76. The molecule has 9 amide bonds. The van der Waals surface area contributed by atoms with Gasteiger partial charge in [-0.15, -0.1) is 0 Å². The van der Waals surface area contributed by atoms with Gasteiger partial charge in [-0.05, 0) is 56.7 Å². The third-order valence-electron chi connectivity index (χ3n) is 12.4. The van der Waals surface area contributed by atoms with E-state index in [0.717, 1.165) is 38.1 Å². The Morgan fingerprint density at radius 3 is 2.00 bits per heavy atom. The fourth-order valence-corrected chi connectivity index (χ4v) is 10.7. The van der Waals surface area contributed by atoms with Crippen molar-refractivity contribution < 1.29 is 43.2 Å². The summed E-state index contributed by atoms with van der Waals surface area (Å²) in [5, 5.41) is 42.5. The van der Waals surface area contributed by atoms with Crippen molar-refractivity contribution in [3.8, 4) is 0 Å². The van der Waals surface area contributed by atoms with Crippen LogP contribution in [0.2, 0.25) is 0 Å². The fourth-order valence-electron chi connectivity index (χ4n) is 8.32. The molecule has 29 heteroatoms. The highest BCUT2D eigenvalue weighted by Gasteiger charge is 2.35. The Hall–Kier alpha value is -8.34. The molecule has 0 bridgehead atoms. The number of nitrogens with zero attached hydrogens (tertiary/aromatic N) is 1. The SMILES string of the molecule is CC(=O)N[C@@H](CCCNC(=N)N)C(=O)N[C@H]1CSSC[C@@H](C(N)=O)NC(=O)[C@H](Cc2c[nH]c3ccccc23)NC(=O)[C@H](CCCNC(=N)N)NC(=O)[C@@H](Cc2cccc(C)c2)NC(=O)[C@H](Cc2c[nH]cn2)NC(=O)[C@@H](C)NC1=O. The van der Waals surface area contributed by atoms with Crippen LogP contribution in [0.3, 0.4) is 0 Å². The zero-order valence-corrected chi connectivity index (χ0v) is 45.6. The van der Waals surface area contributed by atoms with Crippen LogP contribution < -0.4 is 70.4 Å². The van der Waals surface area contributed by atoms with Crippen LogP contribution in [0, 0.1) is 17.7 Å². The van der Waals surface area contributed by atoms with Crippen LogP contribution in [0.15, 0.2) is 67.3 Å². The van der Waals surface area contributed by atoms with Crippen LogP contribution >= 0.6 is 21.6 Å². The molecule has 0 radical (unpaired) electrons. The van der Waals surface area contributed by atoms with Crippen LogP contribution in [-0.4, -0.2) is 153 Å². The molecule has 1 saturated heterocycles. The lowest BCUT2D eigenvalue weighted by molar-refractivity contribution is -0.135. The number of carbonyl (C=O) groups is 9. The van der Waals surface area contributed by atoms with Crippen molar-refractivity contribution in [1.29, 1.82) is 10.8 Å². The smallest absolute Gasteiger partial charge is 0.244 e. The second-order valence-electron chi connectivity index (χ2n) is 18.8. The van der Waals surface area contributed by atoms with Crippen molar-refractivity contribution in [3.05, 3.63) is 89.6 Å². The summed E-state index contributed by atoms with van der Waals surface area (Å²) in [6.07, 6.45) is 4.60. The van der Waals surface area contributed by atoms with Gasteiger partial charge in [0.15, 0.2) is 11.9 Å². The van der Waals surface area contributed by atoms with Gasteiger partial charge in [0.25, 0.3) is 0 Å². The molecular weight excluding hydrogens is 1060 g/mol. The number of para-hydroxylation sites is 1. The lowest BCUT2D eigenvalue weighted by Gasteiger charge is -2.27. The van der Waals surface area contributed by atoms with Crippen molar-refractivity contribution in [2.75, 3.05) is 24.6 Å². The maximum Gasteiger partial charge on any atom is 0.244 e. The topological polar surface area (TPSA) is 444 Å². The molecule has 1 aliphatic heterocycles. The second-order valence-corrected chi connectivity index (χ2v) is 21.4. The van der Waals surface area contributed by atoms with E-state index >= 15 is 0 Å². The van der Waals surface area contributed by atoms with Crippen molar-refractivity contribution in [2.24, 2.45) is 17.2 Å². The standard InChI is InChI=1S/C50H70N18O9S2/c1-26-9-6-10-29(17-26)18-36-45(74)63-35(14-8-16-58-50(54)55)44(73)66-37(19-30-21-59-33-12-5-4-11-32(30)33)46(75)67-39(41(51)70)23-78-79-24-40(68-43(72)34(62-28(3)69)13-7-15-57-49(52)53)48(77)61-27(2)42(71)64-38(47(76)65-36)20-31-22-56-25-60-31/h4-6,9-12,17,21-22,25,27,34-40,59H,7-8,13-16,18-20,23-24H2,1-3H3,(H2,51,70)(H,56,60)(H,61,77)(H,62,69)(H,63,74)(H,64,71)(H,65,76)(H,66,73)(H,67,75)(H,68,72)(H4,52,53,57)(H4,54,55,58)/t27-,34+,35+,36-,37+,38+,39+,40+/m1/s1. The minimum atomic E-state index is -1.42. The van der Waals surface area contributed by atoms with Crippen LogP contribution in [-0.2, 0) is 62.4 Å². The van der Waals surface area contributed by atoms with Gasteiger partial charge >= 0.3 is 0 Å².